The van der Waals surface area contributed by atoms with E-state index in [9.17, 15) is 4.79 Å². The lowest BCUT2D eigenvalue weighted by molar-refractivity contribution is -0.118. The molecule has 0 spiro atoms. The minimum absolute atomic E-state index is 0.0854. The van der Waals surface area contributed by atoms with Crippen LogP contribution in [0.2, 0.25) is 0 Å². The summed E-state index contributed by atoms with van der Waals surface area (Å²) in [5, 5.41) is 0. The predicted molar refractivity (Wildman–Crippen MR) is 71.7 cm³/mol. The van der Waals surface area contributed by atoms with Crippen molar-refractivity contribution in [1.29, 1.82) is 0 Å². The number of ether oxygens (including phenoxy) is 1. The van der Waals surface area contributed by atoms with Crippen molar-refractivity contribution in [2.45, 2.75) is 45.1 Å². The highest BCUT2D eigenvalue weighted by atomic mass is 16.5. The Morgan fingerprint density at radius 1 is 1.22 bits per heavy atom. The molecule has 0 bridgehead atoms. The highest BCUT2D eigenvalue weighted by Crippen LogP contribution is 2.37. The van der Waals surface area contributed by atoms with E-state index in [0.717, 1.165) is 18.6 Å². The smallest absolute Gasteiger partial charge is 0.137 e. The molecule has 2 heteroatoms. The third-order valence-corrected chi connectivity index (χ3v) is 3.68. The number of carbonyl (C=O) groups excluding carboxylic acids is 1. The van der Waals surface area contributed by atoms with Crippen LogP contribution in [-0.4, -0.2) is 11.4 Å². The zero-order valence-electron chi connectivity index (χ0n) is 11.0. The Bertz CT molecular complexity index is 538. The summed E-state index contributed by atoms with van der Waals surface area (Å²) >= 11 is 0. The van der Waals surface area contributed by atoms with Gasteiger partial charge in [0.05, 0.1) is 0 Å². The van der Waals surface area contributed by atoms with Crippen LogP contribution in [0, 0.1) is 0 Å². The molecular formula is C16H18O2. The van der Waals surface area contributed by atoms with Crippen molar-refractivity contribution < 1.29 is 9.53 Å². The Hall–Kier alpha value is -1.57. The first-order valence-corrected chi connectivity index (χ1v) is 6.57. The topological polar surface area (TPSA) is 26.3 Å². The predicted octanol–water partition coefficient (Wildman–Crippen LogP) is 3.54. The van der Waals surface area contributed by atoms with Crippen LogP contribution in [0.1, 0.15) is 44.2 Å². The molecule has 1 aromatic carbocycles. The molecule has 1 aliphatic heterocycles. The Morgan fingerprint density at radius 3 is 2.78 bits per heavy atom. The highest BCUT2D eigenvalue weighted by molar-refractivity contribution is 5.87. The molecule has 0 N–H and O–H groups in total. The van der Waals surface area contributed by atoms with Crippen molar-refractivity contribution in [2.75, 3.05) is 0 Å². The van der Waals surface area contributed by atoms with Gasteiger partial charge in [-0.05, 0) is 49.1 Å². The molecule has 1 aromatic rings. The van der Waals surface area contributed by atoms with Crippen molar-refractivity contribution in [3.05, 3.63) is 35.4 Å². The molecule has 3 rings (SSSR count). The summed E-state index contributed by atoms with van der Waals surface area (Å²) in [4.78, 5) is 11.2. The zero-order chi connectivity index (χ0) is 12.8. The van der Waals surface area contributed by atoms with Crippen molar-refractivity contribution in [1.82, 2.24) is 0 Å². The van der Waals surface area contributed by atoms with Crippen LogP contribution in [-0.2, 0) is 11.2 Å². The highest BCUT2D eigenvalue weighted by Gasteiger charge is 2.30. The number of carbonyl (C=O) groups is 1. The molecule has 2 aliphatic rings. The van der Waals surface area contributed by atoms with Gasteiger partial charge in [-0.25, -0.2) is 0 Å². The van der Waals surface area contributed by atoms with E-state index in [2.05, 4.69) is 38.1 Å². The van der Waals surface area contributed by atoms with Gasteiger partial charge in [0.25, 0.3) is 0 Å². The van der Waals surface area contributed by atoms with Crippen LogP contribution in [0.3, 0.4) is 0 Å². The van der Waals surface area contributed by atoms with Gasteiger partial charge in [-0.1, -0.05) is 12.1 Å². The Morgan fingerprint density at radius 2 is 2.06 bits per heavy atom. The van der Waals surface area contributed by atoms with Crippen molar-refractivity contribution in [3.8, 4) is 5.75 Å². The minimum Gasteiger partial charge on any atom is -0.487 e. The fraction of sp³-hybridized carbons (Fsp3) is 0.438. The summed E-state index contributed by atoms with van der Waals surface area (Å²) in [5.41, 5.74) is 3.76. The molecule has 2 nitrogen and oxygen atoms in total. The third-order valence-electron chi connectivity index (χ3n) is 3.68. The standard InChI is InChI=1S/C16H18O2/c1-16(2)10-13-9-12(5-8-15(13)18-16)11-3-6-14(17)7-4-11/h3,5,8-9H,4,6-7,10H2,1-2H3. The molecule has 0 atom stereocenters. The van der Waals surface area contributed by atoms with Crippen molar-refractivity contribution in [3.63, 3.8) is 0 Å². The molecule has 0 saturated carbocycles. The number of hydrogen-bond donors (Lipinski definition) is 0. The van der Waals surface area contributed by atoms with Gasteiger partial charge in [0.1, 0.15) is 17.1 Å². The van der Waals surface area contributed by atoms with Gasteiger partial charge < -0.3 is 4.74 Å². The molecule has 1 aliphatic carbocycles. The van der Waals surface area contributed by atoms with Gasteiger partial charge in [-0.3, -0.25) is 4.79 Å². The minimum atomic E-state index is -0.0854. The van der Waals surface area contributed by atoms with Crippen LogP contribution >= 0.6 is 0 Å². The molecule has 0 radical (unpaired) electrons. The van der Waals surface area contributed by atoms with Gasteiger partial charge in [0.15, 0.2) is 0 Å². The number of rotatable bonds is 1. The first-order valence-electron chi connectivity index (χ1n) is 6.57. The van der Waals surface area contributed by atoms with Crippen molar-refractivity contribution in [2.24, 2.45) is 0 Å². The van der Waals surface area contributed by atoms with Gasteiger partial charge in [0, 0.05) is 19.3 Å². The molecule has 0 saturated heterocycles. The summed E-state index contributed by atoms with van der Waals surface area (Å²) in [6.07, 6.45) is 5.19. The molecule has 0 amide bonds. The second-order valence-electron chi connectivity index (χ2n) is 5.83. The number of allylic oxidation sites excluding steroid dienone is 2. The molecule has 94 valence electrons. The molecule has 0 aromatic heterocycles. The fourth-order valence-corrected chi connectivity index (χ4v) is 2.79. The molecule has 0 unspecified atom stereocenters. The maximum atomic E-state index is 11.2. The second kappa shape index (κ2) is 3.98. The van der Waals surface area contributed by atoms with E-state index >= 15 is 0 Å². The first-order chi connectivity index (χ1) is 8.53. The van der Waals surface area contributed by atoms with Crippen LogP contribution in [0.15, 0.2) is 24.3 Å². The van der Waals surface area contributed by atoms with E-state index in [4.69, 9.17) is 4.74 Å². The van der Waals surface area contributed by atoms with Gasteiger partial charge in [0.2, 0.25) is 0 Å². The summed E-state index contributed by atoms with van der Waals surface area (Å²) in [5.74, 6) is 1.36. The van der Waals surface area contributed by atoms with Gasteiger partial charge >= 0.3 is 0 Å². The van der Waals surface area contributed by atoms with E-state index in [-0.39, 0.29) is 5.60 Å². The number of benzene rings is 1. The van der Waals surface area contributed by atoms with E-state index in [1.165, 1.54) is 16.7 Å². The number of ketones is 1. The van der Waals surface area contributed by atoms with Crippen molar-refractivity contribution >= 4 is 11.4 Å². The summed E-state index contributed by atoms with van der Waals surface area (Å²) in [7, 11) is 0. The van der Waals surface area contributed by atoms with Gasteiger partial charge in [-0.2, -0.15) is 0 Å². The average Bonchev–Trinajstić information content (AvgIpc) is 2.62. The third kappa shape index (κ3) is 2.07. The first kappa shape index (κ1) is 11.5. The number of Topliss-reactive ketones (excluding diaryl/α,β-unsaturated/α-hetero) is 1. The maximum Gasteiger partial charge on any atom is 0.137 e. The second-order valence-corrected chi connectivity index (χ2v) is 5.83. The summed E-state index contributed by atoms with van der Waals surface area (Å²) < 4.78 is 5.88. The number of fused-ring (bicyclic) bond motifs is 1. The van der Waals surface area contributed by atoms with E-state index in [1.807, 2.05) is 0 Å². The monoisotopic (exact) mass is 242 g/mol. The Balaban J connectivity index is 1.91. The lowest BCUT2D eigenvalue weighted by atomic mass is 9.91. The Labute approximate surface area is 108 Å². The lowest BCUT2D eigenvalue weighted by Crippen LogP contribution is -2.24. The van der Waals surface area contributed by atoms with Crippen LogP contribution < -0.4 is 4.74 Å². The summed E-state index contributed by atoms with van der Waals surface area (Å²) in [6.45, 7) is 4.23. The van der Waals surface area contributed by atoms with E-state index in [1.54, 1.807) is 0 Å². The quantitative estimate of drug-likeness (QED) is 0.753. The molecule has 0 fully saturated rings. The average molecular weight is 242 g/mol. The molecular weight excluding hydrogens is 224 g/mol. The van der Waals surface area contributed by atoms with E-state index in [0.29, 0.717) is 18.6 Å². The zero-order valence-corrected chi connectivity index (χ0v) is 11.0. The van der Waals surface area contributed by atoms with Crippen LogP contribution in [0.5, 0.6) is 5.75 Å². The lowest BCUT2D eigenvalue weighted by Gasteiger charge is -2.16. The van der Waals surface area contributed by atoms with Gasteiger partial charge in [-0.15, -0.1) is 0 Å². The molecule has 1 heterocycles. The molecule has 18 heavy (non-hydrogen) atoms. The van der Waals surface area contributed by atoms with E-state index < -0.39 is 0 Å². The normalized spacial score (nSPS) is 21.2. The SMILES string of the molecule is CC1(C)Cc2cc(C3=CCC(=O)CC3)ccc2O1. The summed E-state index contributed by atoms with van der Waals surface area (Å²) in [6, 6.07) is 6.41. The van der Waals surface area contributed by atoms with Crippen LogP contribution in [0.25, 0.3) is 5.57 Å². The van der Waals surface area contributed by atoms with Crippen LogP contribution in [0.4, 0.5) is 0 Å². The maximum absolute atomic E-state index is 11.2. The largest absolute Gasteiger partial charge is 0.487 e. The fourth-order valence-electron chi connectivity index (χ4n) is 2.79. The number of hydrogen-bond acceptors (Lipinski definition) is 2. The Kier molecular flexibility index (Phi) is 2.54.